The number of rotatable bonds is 8. The first-order valence-electron chi connectivity index (χ1n) is 9.15. The van der Waals surface area contributed by atoms with Gasteiger partial charge in [0.1, 0.15) is 18.0 Å². The van der Waals surface area contributed by atoms with E-state index in [4.69, 9.17) is 9.47 Å². The molecule has 3 rings (SSSR count). The molecule has 0 fully saturated rings. The van der Waals surface area contributed by atoms with Gasteiger partial charge in [-0.15, -0.1) is 0 Å². The highest BCUT2D eigenvalue weighted by atomic mass is 16.5. The summed E-state index contributed by atoms with van der Waals surface area (Å²) in [4.78, 5) is 13.0. The van der Waals surface area contributed by atoms with E-state index in [1.807, 2.05) is 84.2 Å². The van der Waals surface area contributed by atoms with Crippen LogP contribution in [0.25, 0.3) is 0 Å². The maximum atomic E-state index is 13.0. The molecule has 5 heteroatoms. The predicted molar refractivity (Wildman–Crippen MR) is 109 cm³/mol. The number of hydrogen-bond acceptors (Lipinski definition) is 3. The average molecular weight is 377 g/mol. The molecule has 0 spiro atoms. The third kappa shape index (κ3) is 5.11. The first-order chi connectivity index (χ1) is 13.7. The minimum atomic E-state index is -0.366. The maximum Gasteiger partial charge on any atom is 0.287 e. The highest BCUT2D eigenvalue weighted by Gasteiger charge is 2.24. The van der Waals surface area contributed by atoms with Crippen molar-refractivity contribution in [3.05, 3.63) is 90.0 Å². The van der Waals surface area contributed by atoms with Crippen LogP contribution in [0.4, 0.5) is 5.69 Å². The van der Waals surface area contributed by atoms with E-state index in [2.05, 4.69) is 5.32 Å². The number of hydrogen-bond donors (Lipinski definition) is 2. The molecule has 3 aromatic carbocycles. The summed E-state index contributed by atoms with van der Waals surface area (Å²) in [6.07, 6.45) is 0. The van der Waals surface area contributed by atoms with E-state index in [9.17, 15) is 4.79 Å². The molecule has 144 valence electrons. The van der Waals surface area contributed by atoms with E-state index < -0.39 is 0 Å². The van der Waals surface area contributed by atoms with Gasteiger partial charge >= 0.3 is 0 Å². The molecule has 0 saturated heterocycles. The molecule has 0 radical (unpaired) electrons. The van der Waals surface area contributed by atoms with Crippen LogP contribution in [0, 0.1) is 0 Å². The lowest BCUT2D eigenvalue weighted by Crippen LogP contribution is -2.85. The second kappa shape index (κ2) is 9.58. The summed E-state index contributed by atoms with van der Waals surface area (Å²) >= 11 is 0. The third-order valence-electron chi connectivity index (χ3n) is 4.53. The first-order valence-corrected chi connectivity index (χ1v) is 9.15. The Morgan fingerprint density at radius 3 is 2.29 bits per heavy atom. The summed E-state index contributed by atoms with van der Waals surface area (Å²) in [6.45, 7) is 0.676. The summed E-state index contributed by atoms with van der Waals surface area (Å²) < 4.78 is 10.4. The fourth-order valence-electron chi connectivity index (χ4n) is 2.99. The Kier molecular flexibility index (Phi) is 6.65. The SMILES string of the molecule is COc1ccc(C[NH2+][C@H](C(=O)Nc2cccc(OC)c2)c2ccccc2)cc1. The highest BCUT2D eigenvalue weighted by molar-refractivity contribution is 5.94. The van der Waals surface area contributed by atoms with Crippen LogP contribution in [0.1, 0.15) is 17.2 Å². The smallest absolute Gasteiger partial charge is 0.287 e. The largest absolute Gasteiger partial charge is 0.497 e. The Labute approximate surface area is 165 Å². The molecule has 3 aromatic rings. The van der Waals surface area contributed by atoms with Gasteiger partial charge in [0.2, 0.25) is 0 Å². The van der Waals surface area contributed by atoms with Gasteiger partial charge in [0.25, 0.3) is 5.91 Å². The Bertz CT molecular complexity index is 895. The van der Waals surface area contributed by atoms with Crippen LogP contribution in [0.2, 0.25) is 0 Å². The molecule has 0 aliphatic heterocycles. The topological polar surface area (TPSA) is 64.2 Å². The first kappa shape index (κ1) is 19.5. The van der Waals surface area contributed by atoms with Crippen LogP contribution in [0.15, 0.2) is 78.9 Å². The van der Waals surface area contributed by atoms with Crippen molar-refractivity contribution in [1.29, 1.82) is 0 Å². The number of methoxy groups -OCH3 is 2. The molecular formula is C23H25N2O3+. The number of carbonyl (C=O) groups excluding carboxylic acids is 1. The maximum absolute atomic E-state index is 13.0. The van der Waals surface area contributed by atoms with Crippen molar-refractivity contribution >= 4 is 11.6 Å². The molecule has 0 unspecified atom stereocenters. The summed E-state index contributed by atoms with van der Waals surface area (Å²) in [5, 5.41) is 5.03. The van der Waals surface area contributed by atoms with Gasteiger partial charge in [-0.2, -0.15) is 0 Å². The fraction of sp³-hybridized carbons (Fsp3) is 0.174. The zero-order valence-electron chi connectivity index (χ0n) is 16.1. The number of amides is 1. The van der Waals surface area contributed by atoms with Crippen LogP contribution in [-0.4, -0.2) is 20.1 Å². The van der Waals surface area contributed by atoms with Crippen LogP contribution >= 0.6 is 0 Å². The second-order valence-electron chi connectivity index (χ2n) is 6.40. The zero-order valence-corrected chi connectivity index (χ0v) is 16.1. The molecule has 1 amide bonds. The molecule has 0 aromatic heterocycles. The summed E-state index contributed by atoms with van der Waals surface area (Å²) in [7, 11) is 3.26. The Morgan fingerprint density at radius 1 is 0.893 bits per heavy atom. The normalized spacial score (nSPS) is 11.5. The van der Waals surface area contributed by atoms with Crippen LogP contribution < -0.4 is 20.1 Å². The Hall–Kier alpha value is -3.31. The number of carbonyl (C=O) groups is 1. The van der Waals surface area contributed by atoms with E-state index in [1.165, 1.54) is 0 Å². The molecule has 5 nitrogen and oxygen atoms in total. The van der Waals surface area contributed by atoms with Crippen LogP contribution in [-0.2, 0) is 11.3 Å². The zero-order chi connectivity index (χ0) is 19.8. The molecule has 28 heavy (non-hydrogen) atoms. The van der Waals surface area contributed by atoms with Gasteiger partial charge in [0.05, 0.1) is 14.2 Å². The van der Waals surface area contributed by atoms with Crippen LogP contribution in [0.5, 0.6) is 11.5 Å². The Balaban J connectivity index is 1.75. The van der Waals surface area contributed by atoms with Crippen molar-refractivity contribution in [1.82, 2.24) is 0 Å². The fourth-order valence-corrected chi connectivity index (χ4v) is 2.99. The minimum Gasteiger partial charge on any atom is -0.497 e. The molecule has 1 atom stereocenters. The van der Waals surface area contributed by atoms with Gasteiger partial charge in [0.15, 0.2) is 6.04 Å². The molecule has 0 aliphatic carbocycles. The lowest BCUT2D eigenvalue weighted by molar-refractivity contribution is -0.697. The van der Waals surface area contributed by atoms with Gasteiger partial charge in [-0.05, 0) is 36.4 Å². The quantitative estimate of drug-likeness (QED) is 0.634. The lowest BCUT2D eigenvalue weighted by atomic mass is 10.1. The van der Waals surface area contributed by atoms with Crippen molar-refractivity contribution < 1.29 is 19.6 Å². The van der Waals surface area contributed by atoms with Crippen molar-refractivity contribution in [2.75, 3.05) is 19.5 Å². The number of benzene rings is 3. The van der Waals surface area contributed by atoms with Crippen molar-refractivity contribution in [3.8, 4) is 11.5 Å². The molecule has 0 bridgehead atoms. The highest BCUT2D eigenvalue weighted by Crippen LogP contribution is 2.19. The number of ether oxygens (including phenoxy) is 2. The summed E-state index contributed by atoms with van der Waals surface area (Å²) in [6, 6.07) is 24.7. The van der Waals surface area contributed by atoms with Gasteiger partial charge < -0.3 is 20.1 Å². The van der Waals surface area contributed by atoms with E-state index >= 15 is 0 Å². The summed E-state index contributed by atoms with van der Waals surface area (Å²) in [5.41, 5.74) is 2.79. The van der Waals surface area contributed by atoms with Gasteiger partial charge in [0, 0.05) is 22.9 Å². The van der Waals surface area contributed by atoms with Crippen molar-refractivity contribution in [2.24, 2.45) is 0 Å². The predicted octanol–water partition coefficient (Wildman–Crippen LogP) is 3.15. The summed E-state index contributed by atoms with van der Waals surface area (Å²) in [5.74, 6) is 1.45. The van der Waals surface area contributed by atoms with Crippen molar-refractivity contribution in [2.45, 2.75) is 12.6 Å². The van der Waals surface area contributed by atoms with Gasteiger partial charge in [-0.1, -0.05) is 36.4 Å². The van der Waals surface area contributed by atoms with E-state index in [1.54, 1.807) is 14.2 Å². The van der Waals surface area contributed by atoms with E-state index in [-0.39, 0.29) is 11.9 Å². The molecule has 3 N–H and O–H groups in total. The van der Waals surface area contributed by atoms with Crippen molar-refractivity contribution in [3.63, 3.8) is 0 Å². The lowest BCUT2D eigenvalue weighted by Gasteiger charge is -2.16. The standard InChI is InChI=1S/C23H24N2O3/c1-27-20-13-11-17(12-14-20)16-24-22(18-7-4-3-5-8-18)23(26)25-19-9-6-10-21(15-19)28-2/h3-15,22,24H,16H2,1-2H3,(H,25,26)/p+1/t22-/m0/s1. The van der Waals surface area contributed by atoms with Gasteiger partial charge in [-0.3, -0.25) is 4.79 Å². The monoisotopic (exact) mass is 377 g/mol. The van der Waals surface area contributed by atoms with Gasteiger partial charge in [-0.25, -0.2) is 0 Å². The number of quaternary nitrogens is 1. The number of anilines is 1. The third-order valence-corrected chi connectivity index (χ3v) is 4.53. The average Bonchev–Trinajstić information content (AvgIpc) is 2.75. The number of nitrogens with one attached hydrogen (secondary N) is 1. The minimum absolute atomic E-state index is 0.0760. The molecule has 0 heterocycles. The number of nitrogens with two attached hydrogens (primary N) is 1. The van der Waals surface area contributed by atoms with E-state index in [0.717, 1.165) is 16.9 Å². The molecule has 0 aliphatic rings. The molecular weight excluding hydrogens is 352 g/mol. The van der Waals surface area contributed by atoms with Crippen LogP contribution in [0.3, 0.4) is 0 Å². The molecule has 0 saturated carbocycles. The second-order valence-corrected chi connectivity index (χ2v) is 6.40. The van der Waals surface area contributed by atoms with E-state index in [0.29, 0.717) is 18.0 Å². The Morgan fingerprint density at radius 2 is 1.61 bits per heavy atom.